The molecule has 1 amide bonds. The summed E-state index contributed by atoms with van der Waals surface area (Å²) in [5.41, 5.74) is -0.864. The van der Waals surface area contributed by atoms with Crippen molar-refractivity contribution in [2.45, 2.75) is 55.5 Å². The summed E-state index contributed by atoms with van der Waals surface area (Å²) in [6.07, 6.45) is 2.48. The lowest BCUT2D eigenvalue weighted by molar-refractivity contribution is -0.147. The van der Waals surface area contributed by atoms with Crippen LogP contribution in [0.25, 0.3) is 0 Å². The topological polar surface area (TPSA) is 112 Å². The number of thioether (sulfide) groups is 1. The van der Waals surface area contributed by atoms with Crippen molar-refractivity contribution >= 4 is 23.6 Å². The molecule has 1 saturated carbocycles. The Morgan fingerprint density at radius 3 is 2.64 bits per heavy atom. The molecular formula is C14H19N3O4S. The number of nitrogens with zero attached hydrogens (tertiary/aromatic N) is 1. The fourth-order valence-corrected chi connectivity index (χ4v) is 3.39. The van der Waals surface area contributed by atoms with Gasteiger partial charge in [-0.15, -0.1) is 0 Å². The molecule has 1 heterocycles. The van der Waals surface area contributed by atoms with Crippen LogP contribution in [0.4, 0.5) is 0 Å². The van der Waals surface area contributed by atoms with Crippen LogP contribution in [0.2, 0.25) is 0 Å². The third-order valence-electron chi connectivity index (χ3n) is 3.73. The number of hydrogen-bond donors (Lipinski definition) is 3. The molecule has 0 radical (unpaired) electrons. The highest BCUT2D eigenvalue weighted by atomic mass is 32.2. The number of hydrogen-bond acceptors (Lipinski definition) is 5. The molecule has 0 unspecified atom stereocenters. The molecule has 22 heavy (non-hydrogen) atoms. The number of rotatable bonds is 5. The number of carboxylic acids is 1. The minimum absolute atomic E-state index is 0.277. The number of H-pyrrole nitrogens is 1. The summed E-state index contributed by atoms with van der Waals surface area (Å²) in [6, 6.07) is 1.37. The fraction of sp³-hybridized carbons (Fsp3) is 0.571. The number of aromatic nitrogens is 2. The summed E-state index contributed by atoms with van der Waals surface area (Å²) in [5.74, 6) is -1.35. The predicted molar refractivity (Wildman–Crippen MR) is 81.9 cm³/mol. The molecular weight excluding hydrogens is 306 g/mol. The SMILES string of the molecule is Cc1cc(=O)[nH]c(S[C@@H](C)C(=O)NC2(C(=O)O)CCCC2)n1. The van der Waals surface area contributed by atoms with Gasteiger partial charge in [0.2, 0.25) is 5.91 Å². The van der Waals surface area contributed by atoms with Crippen molar-refractivity contribution in [3.05, 3.63) is 22.1 Å². The first-order chi connectivity index (χ1) is 10.3. The summed E-state index contributed by atoms with van der Waals surface area (Å²) in [7, 11) is 0. The third kappa shape index (κ3) is 3.68. The Morgan fingerprint density at radius 2 is 2.09 bits per heavy atom. The van der Waals surface area contributed by atoms with Crippen LogP contribution in [0, 0.1) is 6.92 Å². The zero-order chi connectivity index (χ0) is 16.3. The second-order valence-corrected chi connectivity index (χ2v) is 6.87. The van der Waals surface area contributed by atoms with Crippen LogP contribution in [-0.4, -0.2) is 37.7 Å². The van der Waals surface area contributed by atoms with E-state index in [1.165, 1.54) is 6.07 Å². The number of aromatic amines is 1. The Balaban J connectivity index is 2.05. The molecule has 1 fully saturated rings. The number of aryl methyl sites for hydroxylation is 1. The molecule has 3 N–H and O–H groups in total. The van der Waals surface area contributed by atoms with Crippen molar-refractivity contribution in [2.24, 2.45) is 0 Å². The van der Waals surface area contributed by atoms with Crippen LogP contribution >= 0.6 is 11.8 Å². The Hall–Kier alpha value is -1.83. The van der Waals surface area contributed by atoms with E-state index in [4.69, 9.17) is 0 Å². The molecule has 1 aromatic heterocycles. The Morgan fingerprint density at radius 1 is 1.45 bits per heavy atom. The molecule has 1 aliphatic carbocycles. The van der Waals surface area contributed by atoms with Gasteiger partial charge in [0, 0.05) is 11.8 Å². The highest BCUT2D eigenvalue weighted by Gasteiger charge is 2.43. The lowest BCUT2D eigenvalue weighted by atomic mass is 9.97. The van der Waals surface area contributed by atoms with Gasteiger partial charge in [0.25, 0.3) is 5.56 Å². The molecule has 2 rings (SSSR count). The number of carbonyl (C=O) groups excluding carboxylic acids is 1. The number of carboxylic acid groups (broad SMARTS) is 1. The number of aliphatic carboxylic acids is 1. The molecule has 120 valence electrons. The molecule has 1 aliphatic rings. The van der Waals surface area contributed by atoms with Crippen molar-refractivity contribution in [1.82, 2.24) is 15.3 Å². The summed E-state index contributed by atoms with van der Waals surface area (Å²) < 4.78 is 0. The van der Waals surface area contributed by atoms with Crippen LogP contribution in [-0.2, 0) is 9.59 Å². The maximum absolute atomic E-state index is 12.3. The van der Waals surface area contributed by atoms with Gasteiger partial charge in [-0.1, -0.05) is 24.6 Å². The summed E-state index contributed by atoms with van der Waals surface area (Å²) in [5, 5.41) is 11.8. The van der Waals surface area contributed by atoms with Crippen molar-refractivity contribution in [2.75, 3.05) is 0 Å². The molecule has 0 spiro atoms. The van der Waals surface area contributed by atoms with Crippen LogP contribution in [0.1, 0.15) is 38.3 Å². The van der Waals surface area contributed by atoms with Crippen molar-refractivity contribution < 1.29 is 14.7 Å². The van der Waals surface area contributed by atoms with E-state index in [2.05, 4.69) is 15.3 Å². The molecule has 0 aliphatic heterocycles. The Labute approximate surface area is 131 Å². The summed E-state index contributed by atoms with van der Waals surface area (Å²) in [4.78, 5) is 41.8. The van der Waals surface area contributed by atoms with E-state index >= 15 is 0 Å². The average Bonchev–Trinajstić information content (AvgIpc) is 2.87. The van der Waals surface area contributed by atoms with Gasteiger partial charge < -0.3 is 15.4 Å². The monoisotopic (exact) mass is 325 g/mol. The van der Waals surface area contributed by atoms with Crippen molar-refractivity contribution in [3.63, 3.8) is 0 Å². The lowest BCUT2D eigenvalue weighted by Crippen LogP contribution is -2.54. The summed E-state index contributed by atoms with van der Waals surface area (Å²) >= 11 is 1.10. The van der Waals surface area contributed by atoms with Gasteiger partial charge >= 0.3 is 5.97 Å². The number of carbonyl (C=O) groups is 2. The zero-order valence-electron chi connectivity index (χ0n) is 12.5. The summed E-state index contributed by atoms with van der Waals surface area (Å²) in [6.45, 7) is 3.36. The maximum Gasteiger partial charge on any atom is 0.329 e. The van der Waals surface area contributed by atoms with Gasteiger partial charge in [-0.05, 0) is 26.7 Å². The van der Waals surface area contributed by atoms with Gasteiger partial charge in [-0.25, -0.2) is 9.78 Å². The van der Waals surface area contributed by atoms with E-state index in [9.17, 15) is 19.5 Å². The average molecular weight is 325 g/mol. The standard InChI is InChI=1S/C14H19N3O4S/c1-8-7-10(18)16-13(15-8)22-9(2)11(19)17-14(12(20)21)5-3-4-6-14/h7,9H,3-6H2,1-2H3,(H,17,19)(H,20,21)(H,15,16,18)/t9-/m0/s1. The van der Waals surface area contributed by atoms with E-state index in [0.717, 1.165) is 24.6 Å². The highest BCUT2D eigenvalue weighted by Crippen LogP contribution is 2.30. The first kappa shape index (κ1) is 16.5. The largest absolute Gasteiger partial charge is 0.480 e. The number of amides is 1. The normalized spacial score (nSPS) is 17.9. The third-order valence-corrected chi connectivity index (χ3v) is 4.72. The molecule has 7 nitrogen and oxygen atoms in total. The highest BCUT2D eigenvalue weighted by molar-refractivity contribution is 8.00. The second kappa shape index (κ2) is 6.51. The van der Waals surface area contributed by atoms with Gasteiger partial charge in [-0.2, -0.15) is 0 Å². The number of nitrogens with one attached hydrogen (secondary N) is 2. The molecule has 0 aromatic carbocycles. The van der Waals surface area contributed by atoms with E-state index in [-0.39, 0.29) is 11.5 Å². The maximum atomic E-state index is 12.3. The molecule has 1 aromatic rings. The quantitative estimate of drug-likeness (QED) is 0.551. The minimum Gasteiger partial charge on any atom is -0.480 e. The zero-order valence-corrected chi connectivity index (χ0v) is 13.3. The first-order valence-electron chi connectivity index (χ1n) is 7.12. The molecule has 0 saturated heterocycles. The molecule has 8 heteroatoms. The van der Waals surface area contributed by atoms with E-state index in [0.29, 0.717) is 23.7 Å². The van der Waals surface area contributed by atoms with Crippen molar-refractivity contribution in [3.8, 4) is 0 Å². The van der Waals surface area contributed by atoms with Gasteiger partial charge in [0.05, 0.1) is 5.25 Å². The van der Waals surface area contributed by atoms with Crippen molar-refractivity contribution in [1.29, 1.82) is 0 Å². The van der Waals surface area contributed by atoms with Crippen LogP contribution in [0.3, 0.4) is 0 Å². The van der Waals surface area contributed by atoms with Gasteiger partial charge in [0.1, 0.15) is 5.54 Å². The first-order valence-corrected chi connectivity index (χ1v) is 8.00. The van der Waals surface area contributed by atoms with E-state index in [1.807, 2.05) is 0 Å². The van der Waals surface area contributed by atoms with Crippen LogP contribution < -0.4 is 10.9 Å². The Bertz CT molecular complexity index is 637. The van der Waals surface area contributed by atoms with Gasteiger partial charge in [0.15, 0.2) is 5.16 Å². The van der Waals surface area contributed by atoms with Gasteiger partial charge in [-0.3, -0.25) is 9.59 Å². The lowest BCUT2D eigenvalue weighted by Gasteiger charge is -2.26. The van der Waals surface area contributed by atoms with E-state index < -0.39 is 16.8 Å². The second-order valence-electron chi connectivity index (χ2n) is 5.54. The fourth-order valence-electron chi connectivity index (χ4n) is 2.54. The van der Waals surface area contributed by atoms with Crippen LogP contribution in [0.15, 0.2) is 16.0 Å². The Kier molecular flexibility index (Phi) is 4.90. The smallest absolute Gasteiger partial charge is 0.329 e. The van der Waals surface area contributed by atoms with Crippen LogP contribution in [0.5, 0.6) is 0 Å². The van der Waals surface area contributed by atoms with E-state index in [1.54, 1.807) is 13.8 Å². The molecule has 0 bridgehead atoms. The molecule has 1 atom stereocenters. The predicted octanol–water partition coefficient (Wildman–Crippen LogP) is 1.07. The minimum atomic E-state index is -1.15.